The second-order valence-electron chi connectivity index (χ2n) is 7.72. The Morgan fingerprint density at radius 3 is 2.37 bits per heavy atom. The van der Waals surface area contributed by atoms with Gasteiger partial charge < -0.3 is 10.0 Å². The molecule has 2 amide bonds. The van der Waals surface area contributed by atoms with Crippen molar-refractivity contribution in [2.45, 2.75) is 32.9 Å². The molecule has 3 rings (SSSR count). The summed E-state index contributed by atoms with van der Waals surface area (Å²) in [6, 6.07) is 13.5. The van der Waals surface area contributed by atoms with Crippen LogP contribution >= 0.6 is 0 Å². The fourth-order valence-electron chi connectivity index (χ4n) is 3.40. The van der Waals surface area contributed by atoms with Crippen molar-refractivity contribution in [3.8, 4) is 0 Å². The maximum atomic E-state index is 12.8. The molecule has 0 aromatic heterocycles. The molecule has 1 heterocycles. The molecular formula is C22H24N2O3. The van der Waals surface area contributed by atoms with Gasteiger partial charge in [-0.05, 0) is 43.5 Å². The van der Waals surface area contributed by atoms with Crippen LogP contribution in [0.5, 0.6) is 0 Å². The van der Waals surface area contributed by atoms with Crippen LogP contribution in [0.15, 0.2) is 42.5 Å². The maximum absolute atomic E-state index is 12.8. The van der Waals surface area contributed by atoms with E-state index in [4.69, 9.17) is 0 Å². The largest absolute Gasteiger partial charge is 0.465 e. The van der Waals surface area contributed by atoms with Crippen LogP contribution in [-0.2, 0) is 6.54 Å². The van der Waals surface area contributed by atoms with Gasteiger partial charge in [-0.2, -0.15) is 0 Å². The van der Waals surface area contributed by atoms with E-state index in [1.807, 2.05) is 69.3 Å². The van der Waals surface area contributed by atoms with Gasteiger partial charge in [0, 0.05) is 19.1 Å². The molecule has 140 valence electrons. The summed E-state index contributed by atoms with van der Waals surface area (Å²) < 4.78 is 0. The Labute approximate surface area is 159 Å². The third kappa shape index (κ3) is 3.58. The molecule has 1 N–H and O–H groups in total. The molecule has 0 unspecified atom stereocenters. The number of fused-ring (bicyclic) bond motifs is 1. The van der Waals surface area contributed by atoms with Gasteiger partial charge in [0.25, 0.3) is 5.91 Å². The van der Waals surface area contributed by atoms with Crippen molar-refractivity contribution in [1.82, 2.24) is 4.90 Å². The van der Waals surface area contributed by atoms with Gasteiger partial charge in [-0.3, -0.25) is 9.69 Å². The number of hydrogen-bond acceptors (Lipinski definition) is 2. The monoisotopic (exact) mass is 364 g/mol. The smallest absolute Gasteiger partial charge is 0.412 e. The van der Waals surface area contributed by atoms with Crippen molar-refractivity contribution in [1.29, 1.82) is 0 Å². The van der Waals surface area contributed by atoms with Crippen LogP contribution in [0.25, 0.3) is 12.2 Å². The Hall–Kier alpha value is -3.08. The molecule has 0 atom stereocenters. The van der Waals surface area contributed by atoms with Crippen LogP contribution < -0.4 is 4.90 Å². The number of benzene rings is 2. The lowest BCUT2D eigenvalue weighted by atomic mass is 9.97. The van der Waals surface area contributed by atoms with E-state index in [2.05, 4.69) is 0 Å². The average Bonchev–Trinajstić information content (AvgIpc) is 2.89. The predicted molar refractivity (Wildman–Crippen MR) is 108 cm³/mol. The van der Waals surface area contributed by atoms with E-state index in [-0.39, 0.29) is 5.91 Å². The van der Waals surface area contributed by atoms with Crippen LogP contribution in [0.4, 0.5) is 10.5 Å². The van der Waals surface area contributed by atoms with Gasteiger partial charge in [-0.15, -0.1) is 0 Å². The Morgan fingerprint density at radius 1 is 1.11 bits per heavy atom. The number of carbonyl (C=O) groups excluding carboxylic acids is 1. The number of hydrogen-bond donors (Lipinski definition) is 1. The van der Waals surface area contributed by atoms with Crippen LogP contribution in [0.2, 0.25) is 0 Å². The van der Waals surface area contributed by atoms with E-state index in [0.29, 0.717) is 17.8 Å². The minimum atomic E-state index is -1.07. The number of rotatable bonds is 3. The summed E-state index contributed by atoms with van der Waals surface area (Å²) in [5.74, 6) is -0.148. The van der Waals surface area contributed by atoms with E-state index >= 15 is 0 Å². The molecule has 0 fully saturated rings. The van der Waals surface area contributed by atoms with Crippen LogP contribution in [-0.4, -0.2) is 34.6 Å². The van der Waals surface area contributed by atoms with Crippen molar-refractivity contribution < 1.29 is 14.7 Å². The Morgan fingerprint density at radius 2 is 1.78 bits per heavy atom. The summed E-state index contributed by atoms with van der Waals surface area (Å²) in [7, 11) is 1.74. The van der Waals surface area contributed by atoms with Gasteiger partial charge in [0.15, 0.2) is 0 Å². The third-order valence-electron chi connectivity index (χ3n) is 4.64. The highest BCUT2D eigenvalue weighted by atomic mass is 16.4. The van der Waals surface area contributed by atoms with E-state index in [1.165, 1.54) is 4.90 Å². The molecule has 2 aromatic carbocycles. The maximum Gasteiger partial charge on any atom is 0.412 e. The zero-order valence-electron chi connectivity index (χ0n) is 16.1. The molecule has 0 bridgehead atoms. The Bertz CT molecular complexity index is 911. The Balaban J connectivity index is 2.12. The third-order valence-corrected chi connectivity index (χ3v) is 4.64. The second-order valence-corrected chi connectivity index (χ2v) is 7.72. The Kier molecular flexibility index (Phi) is 4.79. The summed E-state index contributed by atoms with van der Waals surface area (Å²) in [5, 5.41) is 9.75. The lowest BCUT2D eigenvalue weighted by Crippen LogP contribution is -2.46. The van der Waals surface area contributed by atoms with Crippen molar-refractivity contribution in [2.75, 3.05) is 11.9 Å². The number of amides is 2. The molecule has 0 aliphatic carbocycles. The highest BCUT2D eigenvalue weighted by Crippen LogP contribution is 2.37. The van der Waals surface area contributed by atoms with Crippen LogP contribution in [0.3, 0.4) is 0 Å². The van der Waals surface area contributed by atoms with Crippen LogP contribution in [0.1, 0.15) is 47.8 Å². The summed E-state index contributed by atoms with van der Waals surface area (Å²) in [6.07, 6.45) is 2.91. The van der Waals surface area contributed by atoms with Gasteiger partial charge in [-0.1, -0.05) is 48.6 Å². The van der Waals surface area contributed by atoms with Crippen molar-refractivity contribution in [2.24, 2.45) is 0 Å². The van der Waals surface area contributed by atoms with Gasteiger partial charge in [0.1, 0.15) is 0 Å². The molecule has 0 saturated carbocycles. The number of nitrogens with zero attached hydrogens (tertiary/aromatic N) is 2. The summed E-state index contributed by atoms with van der Waals surface area (Å²) in [6.45, 7) is 5.92. The summed E-state index contributed by atoms with van der Waals surface area (Å²) in [5.41, 5.74) is 3.11. The first-order valence-electron chi connectivity index (χ1n) is 8.88. The fourth-order valence-corrected chi connectivity index (χ4v) is 3.40. The molecular weight excluding hydrogens is 340 g/mol. The zero-order valence-corrected chi connectivity index (χ0v) is 16.1. The lowest BCUT2D eigenvalue weighted by molar-refractivity contribution is 0.0817. The van der Waals surface area contributed by atoms with Gasteiger partial charge in [0.05, 0.1) is 11.3 Å². The predicted octanol–water partition coefficient (Wildman–Crippen LogP) is 4.73. The summed E-state index contributed by atoms with van der Waals surface area (Å²) >= 11 is 0. The lowest BCUT2D eigenvalue weighted by Gasteiger charge is -2.34. The van der Waals surface area contributed by atoms with Gasteiger partial charge in [-0.25, -0.2) is 4.79 Å². The van der Waals surface area contributed by atoms with Crippen molar-refractivity contribution in [3.63, 3.8) is 0 Å². The number of anilines is 1. The molecule has 1 aliphatic heterocycles. The molecule has 2 aromatic rings. The molecule has 5 nitrogen and oxygen atoms in total. The molecule has 0 radical (unpaired) electrons. The highest BCUT2D eigenvalue weighted by Gasteiger charge is 2.36. The second kappa shape index (κ2) is 6.91. The standard InChI is InChI=1S/C22H24N2O3/c1-22(2,3)24(21(26)27)18-13-12-16(11-10-15-8-6-5-7-9-15)17-14-23(4)20(25)19(17)18/h5-13H,14H2,1-4H3,(H,26,27)/b11-10+. The van der Waals surface area contributed by atoms with E-state index < -0.39 is 11.6 Å². The molecule has 1 aliphatic rings. The first-order chi connectivity index (χ1) is 12.7. The highest BCUT2D eigenvalue weighted by molar-refractivity contribution is 6.07. The minimum Gasteiger partial charge on any atom is -0.465 e. The topological polar surface area (TPSA) is 60.9 Å². The first kappa shape index (κ1) is 18.7. The minimum absolute atomic E-state index is 0.148. The SMILES string of the molecule is CN1Cc2c(/C=C/c3ccccc3)ccc(N(C(=O)O)C(C)(C)C)c2C1=O. The molecule has 0 saturated heterocycles. The van der Waals surface area contributed by atoms with E-state index in [1.54, 1.807) is 18.0 Å². The molecule has 27 heavy (non-hydrogen) atoms. The van der Waals surface area contributed by atoms with Crippen LogP contribution in [0, 0.1) is 0 Å². The fraction of sp³-hybridized carbons (Fsp3) is 0.273. The molecule has 0 spiro atoms. The number of carboxylic acid groups (broad SMARTS) is 1. The number of carbonyl (C=O) groups is 2. The first-order valence-corrected chi connectivity index (χ1v) is 8.88. The zero-order chi connectivity index (χ0) is 19.8. The molecule has 5 heteroatoms. The van der Waals surface area contributed by atoms with Gasteiger partial charge in [0.2, 0.25) is 0 Å². The van der Waals surface area contributed by atoms with E-state index in [0.717, 1.165) is 16.7 Å². The van der Waals surface area contributed by atoms with Gasteiger partial charge >= 0.3 is 6.09 Å². The van der Waals surface area contributed by atoms with Crippen molar-refractivity contribution >= 4 is 29.8 Å². The normalized spacial score (nSPS) is 13.9. The average molecular weight is 364 g/mol. The quantitative estimate of drug-likeness (QED) is 0.801. The van der Waals surface area contributed by atoms with Crippen molar-refractivity contribution in [3.05, 3.63) is 64.7 Å². The van der Waals surface area contributed by atoms with E-state index in [9.17, 15) is 14.7 Å². The summed E-state index contributed by atoms with van der Waals surface area (Å²) in [4.78, 5) is 27.6.